The number of fused-ring (bicyclic) bond motifs is 2. The Morgan fingerprint density at radius 1 is 1.08 bits per heavy atom. The molecule has 0 amide bonds. The summed E-state index contributed by atoms with van der Waals surface area (Å²) in [5.74, 6) is 0.781. The third-order valence-corrected chi connectivity index (χ3v) is 9.27. The summed E-state index contributed by atoms with van der Waals surface area (Å²) >= 11 is 6.02. The molecule has 0 saturated carbocycles. The van der Waals surface area contributed by atoms with Crippen LogP contribution in [0.3, 0.4) is 0 Å². The fraction of sp³-hybridized carbons (Fsp3) is 0.269. The molecule has 11 heteroatoms. The number of rotatable bonds is 6. The van der Waals surface area contributed by atoms with Gasteiger partial charge in [0, 0.05) is 47.3 Å². The Hall–Kier alpha value is -3.47. The summed E-state index contributed by atoms with van der Waals surface area (Å²) in [6.45, 7) is 1.62. The van der Waals surface area contributed by atoms with E-state index in [4.69, 9.17) is 22.4 Å². The monoisotopic (exact) mass is 535 g/mol. The zero-order valence-corrected chi connectivity index (χ0v) is 21.6. The number of aryl methyl sites for hydroxylation is 1. The fourth-order valence-electron chi connectivity index (χ4n) is 5.11. The highest BCUT2D eigenvalue weighted by molar-refractivity contribution is 7.89. The van der Waals surface area contributed by atoms with Gasteiger partial charge in [-0.2, -0.15) is 9.40 Å². The Bertz CT molecular complexity index is 1700. The smallest absolute Gasteiger partial charge is 0.243 e. The number of H-pyrrole nitrogens is 1. The minimum Gasteiger partial charge on any atom is -0.383 e. The average Bonchev–Trinajstić information content (AvgIpc) is 3.53. The van der Waals surface area contributed by atoms with Crippen molar-refractivity contribution in [3.8, 4) is 11.3 Å². The number of sulfonamides is 1. The van der Waals surface area contributed by atoms with E-state index in [1.807, 2.05) is 29.1 Å². The van der Waals surface area contributed by atoms with Crippen molar-refractivity contribution in [2.24, 2.45) is 5.92 Å². The van der Waals surface area contributed by atoms with Crippen LogP contribution in [-0.2, 0) is 16.6 Å². The Kier molecular flexibility index (Phi) is 6.10. The summed E-state index contributed by atoms with van der Waals surface area (Å²) in [4.78, 5) is 12.2. The van der Waals surface area contributed by atoms with E-state index in [0.717, 1.165) is 46.8 Å². The number of hydrogen-bond acceptors (Lipinski definition) is 6. The maximum Gasteiger partial charge on any atom is 0.243 e. The number of nitrogens with one attached hydrogen (secondary N) is 1. The van der Waals surface area contributed by atoms with Gasteiger partial charge < -0.3 is 10.7 Å². The molecule has 37 heavy (non-hydrogen) atoms. The van der Waals surface area contributed by atoms with Crippen LogP contribution in [-0.4, -0.2) is 50.5 Å². The molecule has 0 bridgehead atoms. The highest BCUT2D eigenvalue weighted by Crippen LogP contribution is 2.33. The van der Waals surface area contributed by atoms with Crippen LogP contribution in [0.1, 0.15) is 19.3 Å². The number of piperidine rings is 1. The lowest BCUT2D eigenvalue weighted by Gasteiger charge is -2.31. The van der Waals surface area contributed by atoms with Crippen molar-refractivity contribution in [1.29, 1.82) is 0 Å². The van der Waals surface area contributed by atoms with Crippen LogP contribution >= 0.6 is 11.6 Å². The summed E-state index contributed by atoms with van der Waals surface area (Å²) in [6, 6.07) is 14.6. The summed E-state index contributed by atoms with van der Waals surface area (Å²) in [5.41, 5.74) is 9.75. The molecule has 2 aromatic carbocycles. The fourth-order valence-corrected chi connectivity index (χ4v) is 6.88. The minimum atomic E-state index is -3.55. The van der Waals surface area contributed by atoms with E-state index < -0.39 is 10.0 Å². The van der Waals surface area contributed by atoms with E-state index in [2.05, 4.69) is 21.0 Å². The Morgan fingerprint density at radius 3 is 2.73 bits per heavy atom. The van der Waals surface area contributed by atoms with Gasteiger partial charge in [0.05, 0.1) is 10.3 Å². The van der Waals surface area contributed by atoms with Crippen LogP contribution < -0.4 is 5.73 Å². The van der Waals surface area contributed by atoms with Crippen LogP contribution in [0.4, 0.5) is 5.82 Å². The molecule has 0 spiro atoms. The Labute approximate surface area is 219 Å². The number of aromatic amines is 1. The summed E-state index contributed by atoms with van der Waals surface area (Å²) in [5, 5.41) is 7.16. The van der Waals surface area contributed by atoms with Crippen LogP contribution in [0.25, 0.3) is 33.2 Å². The predicted octanol–water partition coefficient (Wildman–Crippen LogP) is 4.70. The molecule has 6 rings (SSSR count). The van der Waals surface area contributed by atoms with Crippen molar-refractivity contribution in [2.45, 2.75) is 30.7 Å². The molecule has 3 aromatic heterocycles. The number of nitrogens with two attached hydrogens (primary N) is 1. The van der Waals surface area contributed by atoms with Gasteiger partial charge in [0.2, 0.25) is 10.0 Å². The van der Waals surface area contributed by atoms with E-state index in [1.54, 1.807) is 22.5 Å². The number of nitrogen functional groups attached to an aromatic ring is 1. The molecule has 190 valence electrons. The Balaban J connectivity index is 1.19. The third-order valence-electron chi connectivity index (χ3n) is 7.14. The summed E-state index contributed by atoms with van der Waals surface area (Å²) in [6.07, 6.45) is 5.81. The van der Waals surface area contributed by atoms with Gasteiger partial charge in [0.25, 0.3) is 0 Å². The maximum absolute atomic E-state index is 13.0. The number of anilines is 1. The van der Waals surface area contributed by atoms with E-state index >= 15 is 0 Å². The molecule has 5 aromatic rings. The molecule has 4 heterocycles. The van der Waals surface area contributed by atoms with Gasteiger partial charge >= 0.3 is 0 Å². The second-order valence-corrected chi connectivity index (χ2v) is 11.8. The molecule has 3 N–H and O–H groups in total. The van der Waals surface area contributed by atoms with Crippen molar-refractivity contribution in [2.75, 3.05) is 18.8 Å². The van der Waals surface area contributed by atoms with Crippen LogP contribution in [0, 0.1) is 5.92 Å². The van der Waals surface area contributed by atoms with E-state index in [1.165, 1.54) is 12.4 Å². The molecular weight excluding hydrogens is 510 g/mol. The molecule has 0 radical (unpaired) electrons. The van der Waals surface area contributed by atoms with Gasteiger partial charge in [-0.1, -0.05) is 23.7 Å². The Morgan fingerprint density at radius 2 is 1.92 bits per heavy atom. The lowest BCUT2D eigenvalue weighted by molar-refractivity contribution is 0.255. The molecule has 0 aliphatic carbocycles. The number of benzene rings is 2. The number of nitrogens with zero attached hydrogens (tertiary/aromatic N) is 5. The second-order valence-electron chi connectivity index (χ2n) is 9.40. The topological polar surface area (TPSA) is 123 Å². The van der Waals surface area contributed by atoms with Gasteiger partial charge in [-0.05, 0) is 61.6 Å². The summed E-state index contributed by atoms with van der Waals surface area (Å²) in [7, 11) is -3.55. The molecule has 9 nitrogen and oxygen atoms in total. The first-order valence-corrected chi connectivity index (χ1v) is 14.0. The van der Waals surface area contributed by atoms with Crippen molar-refractivity contribution < 1.29 is 8.42 Å². The zero-order chi connectivity index (χ0) is 25.6. The molecular formula is C26H26ClN7O2S. The van der Waals surface area contributed by atoms with E-state index in [0.29, 0.717) is 42.0 Å². The zero-order valence-electron chi connectivity index (χ0n) is 20.0. The quantitative estimate of drug-likeness (QED) is 0.325. The van der Waals surface area contributed by atoms with Gasteiger partial charge in [-0.25, -0.2) is 23.1 Å². The largest absolute Gasteiger partial charge is 0.383 e. The van der Waals surface area contributed by atoms with Crippen LogP contribution in [0.15, 0.2) is 66.0 Å². The van der Waals surface area contributed by atoms with Crippen molar-refractivity contribution in [1.82, 2.24) is 29.0 Å². The average molecular weight is 536 g/mol. The van der Waals surface area contributed by atoms with Gasteiger partial charge in [-0.3, -0.25) is 0 Å². The van der Waals surface area contributed by atoms with Crippen LogP contribution in [0.5, 0.6) is 0 Å². The normalized spacial score (nSPS) is 15.6. The first-order chi connectivity index (χ1) is 17.9. The number of hydrogen-bond donors (Lipinski definition) is 2. The number of halogens is 1. The number of aromatic nitrogens is 5. The third kappa shape index (κ3) is 4.45. The molecule has 1 aliphatic rings. The maximum atomic E-state index is 13.0. The molecule has 0 atom stereocenters. The second kappa shape index (κ2) is 9.44. The van der Waals surface area contributed by atoms with Crippen molar-refractivity contribution in [3.05, 3.63) is 66.1 Å². The standard InChI is InChI=1S/C26H26ClN7O2S/c27-20-2-1-3-21(15-20)37(35,36)33-11-7-17(8-12-33)9-13-34-26-23(25(28)30-16-31-26)24(32-34)19-4-5-22-18(14-19)6-10-29-22/h1-6,10,14-17,29H,7-9,11-13H2,(H2,28,30,31). The molecule has 0 unspecified atom stereocenters. The summed E-state index contributed by atoms with van der Waals surface area (Å²) < 4.78 is 29.5. The molecule has 1 saturated heterocycles. The van der Waals surface area contributed by atoms with Crippen molar-refractivity contribution >= 4 is 49.4 Å². The first-order valence-electron chi connectivity index (χ1n) is 12.2. The lowest BCUT2D eigenvalue weighted by Crippen LogP contribution is -2.38. The van der Waals surface area contributed by atoms with Gasteiger partial charge in [0.15, 0.2) is 5.65 Å². The highest BCUT2D eigenvalue weighted by atomic mass is 35.5. The first kappa shape index (κ1) is 23.9. The lowest BCUT2D eigenvalue weighted by atomic mass is 9.95. The van der Waals surface area contributed by atoms with Gasteiger partial charge in [0.1, 0.15) is 17.8 Å². The van der Waals surface area contributed by atoms with E-state index in [9.17, 15) is 8.42 Å². The molecule has 1 aliphatic heterocycles. The van der Waals surface area contributed by atoms with Crippen LogP contribution in [0.2, 0.25) is 5.02 Å². The molecule has 1 fully saturated rings. The SMILES string of the molecule is Nc1ncnc2c1c(-c1ccc3[nH]ccc3c1)nn2CCC1CCN(S(=O)(=O)c2cccc(Cl)c2)CC1. The van der Waals surface area contributed by atoms with Gasteiger partial charge in [-0.15, -0.1) is 0 Å². The van der Waals surface area contributed by atoms with E-state index in [-0.39, 0.29) is 4.90 Å². The minimum absolute atomic E-state index is 0.240. The van der Waals surface area contributed by atoms with Crippen molar-refractivity contribution in [3.63, 3.8) is 0 Å². The highest BCUT2D eigenvalue weighted by Gasteiger charge is 2.29. The predicted molar refractivity (Wildman–Crippen MR) is 145 cm³/mol.